The van der Waals surface area contributed by atoms with Crippen molar-refractivity contribution < 1.29 is 9.59 Å². The normalized spacial score (nSPS) is 10.4. The van der Waals surface area contributed by atoms with Gasteiger partial charge in [-0.3, -0.25) is 14.6 Å². The SMILES string of the molecule is O=C(NCCNC(=O)c1cnc2ccccc2n1)c1ccc(Cl)cc1. The van der Waals surface area contributed by atoms with Gasteiger partial charge in [-0.15, -0.1) is 0 Å². The Balaban J connectivity index is 1.50. The highest BCUT2D eigenvalue weighted by Crippen LogP contribution is 2.09. The van der Waals surface area contributed by atoms with Gasteiger partial charge in [-0.2, -0.15) is 0 Å². The quantitative estimate of drug-likeness (QED) is 0.689. The number of carbonyl (C=O) groups excluding carboxylic acids is 2. The van der Waals surface area contributed by atoms with Crippen LogP contribution in [0.4, 0.5) is 0 Å². The molecule has 2 amide bonds. The maximum absolute atomic E-state index is 12.1. The molecule has 3 rings (SSSR count). The van der Waals surface area contributed by atoms with Crippen LogP contribution in [0, 0.1) is 0 Å². The van der Waals surface area contributed by atoms with E-state index in [9.17, 15) is 9.59 Å². The van der Waals surface area contributed by atoms with Crippen molar-refractivity contribution in [3.05, 3.63) is 71.0 Å². The van der Waals surface area contributed by atoms with Crippen LogP contribution in [0.3, 0.4) is 0 Å². The Hall–Kier alpha value is -2.99. The molecule has 0 aliphatic rings. The number of para-hydroxylation sites is 2. The summed E-state index contributed by atoms with van der Waals surface area (Å²) in [6, 6.07) is 13.9. The Labute approximate surface area is 149 Å². The number of carbonyl (C=O) groups is 2. The van der Waals surface area contributed by atoms with Gasteiger partial charge in [0, 0.05) is 23.7 Å². The highest BCUT2D eigenvalue weighted by molar-refractivity contribution is 6.30. The second-order valence-corrected chi connectivity index (χ2v) is 5.70. The average molecular weight is 355 g/mol. The molecule has 0 unspecified atom stereocenters. The molecule has 25 heavy (non-hydrogen) atoms. The predicted molar refractivity (Wildman–Crippen MR) is 95.7 cm³/mol. The van der Waals surface area contributed by atoms with E-state index in [0.717, 1.165) is 5.52 Å². The molecular formula is C18H15ClN4O2. The molecular weight excluding hydrogens is 340 g/mol. The van der Waals surface area contributed by atoms with Crippen molar-refractivity contribution in [3.63, 3.8) is 0 Å². The zero-order chi connectivity index (χ0) is 17.6. The van der Waals surface area contributed by atoms with E-state index in [1.807, 2.05) is 18.2 Å². The molecule has 1 aromatic heterocycles. The van der Waals surface area contributed by atoms with E-state index >= 15 is 0 Å². The molecule has 0 saturated carbocycles. The van der Waals surface area contributed by atoms with Crippen LogP contribution in [0.2, 0.25) is 5.02 Å². The van der Waals surface area contributed by atoms with E-state index in [-0.39, 0.29) is 24.1 Å². The fraction of sp³-hybridized carbons (Fsp3) is 0.111. The monoisotopic (exact) mass is 354 g/mol. The number of nitrogens with one attached hydrogen (secondary N) is 2. The van der Waals surface area contributed by atoms with Gasteiger partial charge in [0.2, 0.25) is 0 Å². The second kappa shape index (κ2) is 7.72. The highest BCUT2D eigenvalue weighted by atomic mass is 35.5. The Bertz CT molecular complexity index is 912. The van der Waals surface area contributed by atoms with Crippen molar-refractivity contribution in [1.82, 2.24) is 20.6 Å². The molecule has 3 aromatic rings. The summed E-state index contributed by atoms with van der Waals surface area (Å²) in [5.74, 6) is -0.560. The predicted octanol–water partition coefficient (Wildman–Crippen LogP) is 2.44. The third-order valence-corrected chi connectivity index (χ3v) is 3.74. The molecule has 0 atom stereocenters. The smallest absolute Gasteiger partial charge is 0.271 e. The van der Waals surface area contributed by atoms with Crippen molar-refractivity contribution in [2.45, 2.75) is 0 Å². The van der Waals surface area contributed by atoms with E-state index in [4.69, 9.17) is 11.6 Å². The minimum absolute atomic E-state index is 0.226. The zero-order valence-corrected chi connectivity index (χ0v) is 14.0. The molecule has 0 aliphatic carbocycles. The maximum atomic E-state index is 12.1. The molecule has 1 heterocycles. The fourth-order valence-corrected chi connectivity index (χ4v) is 2.34. The number of hydrogen-bond acceptors (Lipinski definition) is 4. The van der Waals surface area contributed by atoms with E-state index in [2.05, 4.69) is 20.6 Å². The summed E-state index contributed by atoms with van der Waals surface area (Å²) in [6.45, 7) is 0.584. The van der Waals surface area contributed by atoms with E-state index in [1.165, 1.54) is 6.20 Å². The van der Waals surface area contributed by atoms with Gasteiger partial charge in [0.15, 0.2) is 0 Å². The van der Waals surface area contributed by atoms with Gasteiger partial charge in [0.05, 0.1) is 17.2 Å². The van der Waals surface area contributed by atoms with Gasteiger partial charge in [-0.1, -0.05) is 23.7 Å². The Morgan fingerprint density at radius 3 is 2.24 bits per heavy atom. The summed E-state index contributed by atoms with van der Waals surface area (Å²) in [5, 5.41) is 5.99. The Morgan fingerprint density at radius 1 is 0.880 bits per heavy atom. The first-order valence-electron chi connectivity index (χ1n) is 7.67. The maximum Gasteiger partial charge on any atom is 0.271 e. The summed E-state index contributed by atoms with van der Waals surface area (Å²) >= 11 is 5.78. The zero-order valence-electron chi connectivity index (χ0n) is 13.2. The van der Waals surface area contributed by atoms with Crippen molar-refractivity contribution >= 4 is 34.4 Å². The standard InChI is InChI=1S/C18H15ClN4O2/c19-13-7-5-12(6-8-13)17(24)20-9-10-21-18(25)16-11-22-14-3-1-2-4-15(14)23-16/h1-8,11H,9-10H2,(H,20,24)(H,21,25). The lowest BCUT2D eigenvalue weighted by Crippen LogP contribution is -2.35. The molecule has 0 fully saturated rings. The number of fused-ring (bicyclic) bond motifs is 1. The van der Waals surface area contributed by atoms with Crippen molar-refractivity contribution in [3.8, 4) is 0 Å². The van der Waals surface area contributed by atoms with E-state index in [1.54, 1.807) is 30.3 Å². The number of aromatic nitrogens is 2. The van der Waals surface area contributed by atoms with Crippen LogP contribution in [-0.4, -0.2) is 34.9 Å². The lowest BCUT2D eigenvalue weighted by molar-refractivity contribution is 0.0925. The topological polar surface area (TPSA) is 84.0 Å². The largest absolute Gasteiger partial charge is 0.350 e. The van der Waals surface area contributed by atoms with Crippen LogP contribution in [0.15, 0.2) is 54.7 Å². The minimum Gasteiger partial charge on any atom is -0.350 e. The molecule has 6 nitrogen and oxygen atoms in total. The Kier molecular flexibility index (Phi) is 5.20. The van der Waals surface area contributed by atoms with Crippen molar-refractivity contribution in [2.75, 3.05) is 13.1 Å². The fourth-order valence-electron chi connectivity index (χ4n) is 2.21. The van der Waals surface area contributed by atoms with Crippen molar-refractivity contribution in [1.29, 1.82) is 0 Å². The molecule has 7 heteroatoms. The van der Waals surface area contributed by atoms with Gasteiger partial charge in [-0.25, -0.2) is 4.98 Å². The Morgan fingerprint density at radius 2 is 1.52 bits per heavy atom. The average Bonchev–Trinajstić information content (AvgIpc) is 2.65. The summed E-state index contributed by atoms with van der Waals surface area (Å²) < 4.78 is 0. The molecule has 0 spiro atoms. The summed E-state index contributed by atoms with van der Waals surface area (Å²) in [6.07, 6.45) is 1.43. The molecule has 0 bridgehead atoms. The van der Waals surface area contributed by atoms with Crippen LogP contribution in [-0.2, 0) is 0 Å². The van der Waals surface area contributed by atoms with Crippen LogP contribution >= 0.6 is 11.6 Å². The van der Waals surface area contributed by atoms with Crippen LogP contribution < -0.4 is 10.6 Å². The lowest BCUT2D eigenvalue weighted by atomic mass is 10.2. The van der Waals surface area contributed by atoms with E-state index in [0.29, 0.717) is 22.6 Å². The van der Waals surface area contributed by atoms with Gasteiger partial charge in [-0.05, 0) is 36.4 Å². The summed E-state index contributed by atoms with van der Waals surface area (Å²) in [7, 11) is 0. The van der Waals surface area contributed by atoms with Gasteiger partial charge in [0.25, 0.3) is 11.8 Å². The number of halogens is 1. The third-order valence-electron chi connectivity index (χ3n) is 3.48. The van der Waals surface area contributed by atoms with Crippen LogP contribution in [0.5, 0.6) is 0 Å². The highest BCUT2D eigenvalue weighted by Gasteiger charge is 2.09. The second-order valence-electron chi connectivity index (χ2n) is 5.26. The first-order chi connectivity index (χ1) is 12.1. The first kappa shape index (κ1) is 16.9. The summed E-state index contributed by atoms with van der Waals surface area (Å²) in [4.78, 5) is 32.5. The van der Waals surface area contributed by atoms with Crippen LogP contribution in [0.1, 0.15) is 20.8 Å². The lowest BCUT2D eigenvalue weighted by Gasteiger charge is -2.07. The van der Waals surface area contributed by atoms with E-state index < -0.39 is 0 Å². The molecule has 0 aliphatic heterocycles. The third kappa shape index (κ3) is 4.30. The number of rotatable bonds is 5. The molecule has 2 N–H and O–H groups in total. The number of nitrogens with zero attached hydrogens (tertiary/aromatic N) is 2. The molecule has 0 radical (unpaired) electrons. The first-order valence-corrected chi connectivity index (χ1v) is 8.05. The number of benzene rings is 2. The molecule has 0 saturated heterocycles. The van der Waals surface area contributed by atoms with Gasteiger partial charge < -0.3 is 10.6 Å². The minimum atomic E-state index is -0.334. The van der Waals surface area contributed by atoms with Crippen LogP contribution in [0.25, 0.3) is 11.0 Å². The molecule has 2 aromatic carbocycles. The number of hydrogen-bond donors (Lipinski definition) is 2. The number of amides is 2. The molecule has 126 valence electrons. The summed E-state index contributed by atoms with van der Waals surface area (Å²) in [5.41, 5.74) is 2.14. The van der Waals surface area contributed by atoms with Gasteiger partial charge >= 0.3 is 0 Å². The van der Waals surface area contributed by atoms with Gasteiger partial charge in [0.1, 0.15) is 5.69 Å². The van der Waals surface area contributed by atoms with Crippen molar-refractivity contribution in [2.24, 2.45) is 0 Å².